The van der Waals surface area contributed by atoms with Gasteiger partial charge in [-0.15, -0.1) is 17.5 Å². The molecule has 0 atom stereocenters. The summed E-state index contributed by atoms with van der Waals surface area (Å²) in [6.45, 7) is 0. The first-order chi connectivity index (χ1) is 7.66. The highest BCUT2D eigenvalue weighted by atomic mass is 35.5. The van der Waals surface area contributed by atoms with Crippen molar-refractivity contribution in [2.24, 2.45) is 0 Å². The number of nitrogen functional groups attached to an aromatic ring is 1. The molecule has 0 aliphatic carbocycles. The van der Waals surface area contributed by atoms with E-state index < -0.39 is 0 Å². The molecule has 0 saturated carbocycles. The number of anilines is 1. The Bertz CT molecular complexity index is 485. The quantitative estimate of drug-likeness (QED) is 0.854. The number of nitrogens with zero attached hydrogens (tertiary/aromatic N) is 2. The van der Waals surface area contributed by atoms with Gasteiger partial charge < -0.3 is 5.73 Å². The first kappa shape index (κ1) is 14.1. The van der Waals surface area contributed by atoms with Crippen molar-refractivity contribution in [2.45, 2.75) is 10.9 Å². The molecular formula is C9H9Cl2FN4S. The SMILES string of the molecule is Cl.Nc1nc(SCc2c(F)cccc2Cl)n[nH]1. The van der Waals surface area contributed by atoms with E-state index in [4.69, 9.17) is 17.3 Å². The zero-order valence-corrected chi connectivity index (χ0v) is 10.9. The lowest BCUT2D eigenvalue weighted by atomic mass is 10.2. The maximum Gasteiger partial charge on any atom is 0.216 e. The third-order valence-corrected chi connectivity index (χ3v) is 3.12. The van der Waals surface area contributed by atoms with Crippen molar-refractivity contribution >= 4 is 41.7 Å². The van der Waals surface area contributed by atoms with Gasteiger partial charge in [0.15, 0.2) is 0 Å². The predicted octanol–water partition coefficient (Wildman–Crippen LogP) is 2.89. The number of thioether (sulfide) groups is 1. The van der Waals surface area contributed by atoms with E-state index in [2.05, 4.69) is 15.2 Å². The molecule has 0 aliphatic rings. The van der Waals surface area contributed by atoms with E-state index in [0.717, 1.165) is 0 Å². The molecule has 1 heterocycles. The largest absolute Gasteiger partial charge is 0.368 e. The van der Waals surface area contributed by atoms with Crippen molar-refractivity contribution in [3.05, 3.63) is 34.6 Å². The van der Waals surface area contributed by atoms with Gasteiger partial charge in [0, 0.05) is 16.3 Å². The fourth-order valence-electron chi connectivity index (χ4n) is 1.13. The molecule has 0 saturated heterocycles. The molecule has 1 aromatic carbocycles. The summed E-state index contributed by atoms with van der Waals surface area (Å²) < 4.78 is 13.4. The average molecular weight is 295 g/mol. The zero-order chi connectivity index (χ0) is 11.5. The Kier molecular flexibility index (Phi) is 5.04. The third-order valence-electron chi connectivity index (χ3n) is 1.89. The second-order valence-corrected chi connectivity index (χ2v) is 4.34. The van der Waals surface area contributed by atoms with Gasteiger partial charge in [0.1, 0.15) is 5.82 Å². The van der Waals surface area contributed by atoms with Gasteiger partial charge in [-0.05, 0) is 12.1 Å². The van der Waals surface area contributed by atoms with Crippen LogP contribution in [0.2, 0.25) is 5.02 Å². The van der Waals surface area contributed by atoms with Gasteiger partial charge in [0.05, 0.1) is 0 Å². The second-order valence-electron chi connectivity index (χ2n) is 2.99. The van der Waals surface area contributed by atoms with Crippen molar-refractivity contribution in [3.8, 4) is 0 Å². The minimum Gasteiger partial charge on any atom is -0.368 e. The molecule has 17 heavy (non-hydrogen) atoms. The number of rotatable bonds is 3. The Labute approximate surface area is 113 Å². The van der Waals surface area contributed by atoms with Crippen LogP contribution in [-0.2, 0) is 5.75 Å². The normalized spacial score (nSPS) is 10.0. The Morgan fingerprint density at radius 1 is 1.47 bits per heavy atom. The Hall–Kier alpha value is -0.980. The van der Waals surface area contributed by atoms with Gasteiger partial charge >= 0.3 is 0 Å². The minimum atomic E-state index is -0.330. The molecular weight excluding hydrogens is 286 g/mol. The van der Waals surface area contributed by atoms with Crippen LogP contribution in [0.25, 0.3) is 0 Å². The summed E-state index contributed by atoms with van der Waals surface area (Å²) in [4.78, 5) is 3.89. The van der Waals surface area contributed by atoms with Crippen LogP contribution < -0.4 is 5.73 Å². The van der Waals surface area contributed by atoms with Gasteiger partial charge in [0.25, 0.3) is 0 Å². The monoisotopic (exact) mass is 294 g/mol. The molecule has 0 unspecified atom stereocenters. The van der Waals surface area contributed by atoms with E-state index in [9.17, 15) is 4.39 Å². The van der Waals surface area contributed by atoms with Crippen LogP contribution in [0, 0.1) is 5.82 Å². The highest BCUT2D eigenvalue weighted by molar-refractivity contribution is 7.98. The summed E-state index contributed by atoms with van der Waals surface area (Å²) in [5, 5.41) is 7.20. The lowest BCUT2D eigenvalue weighted by Crippen LogP contribution is -1.89. The van der Waals surface area contributed by atoms with Crippen LogP contribution in [0.15, 0.2) is 23.4 Å². The standard InChI is InChI=1S/C9H8ClFN4S.ClH/c10-6-2-1-3-7(11)5(6)4-16-9-13-8(12)14-15-9;/h1-3H,4H2,(H3,12,13,14,15);1H. The van der Waals surface area contributed by atoms with Gasteiger partial charge in [-0.1, -0.05) is 29.4 Å². The third kappa shape index (κ3) is 3.49. The fraction of sp³-hybridized carbons (Fsp3) is 0.111. The molecule has 3 N–H and O–H groups in total. The van der Waals surface area contributed by atoms with Crippen LogP contribution >= 0.6 is 35.8 Å². The summed E-state index contributed by atoms with van der Waals surface area (Å²) in [5.41, 5.74) is 5.81. The number of H-pyrrole nitrogens is 1. The summed E-state index contributed by atoms with van der Waals surface area (Å²) in [7, 11) is 0. The van der Waals surface area contributed by atoms with Crippen LogP contribution in [0.1, 0.15) is 5.56 Å². The van der Waals surface area contributed by atoms with Crippen molar-refractivity contribution in [1.82, 2.24) is 15.2 Å². The van der Waals surface area contributed by atoms with Gasteiger partial charge in [0.2, 0.25) is 11.1 Å². The fourth-order valence-corrected chi connectivity index (χ4v) is 2.28. The molecule has 0 radical (unpaired) electrons. The highest BCUT2D eigenvalue weighted by Gasteiger charge is 2.09. The van der Waals surface area contributed by atoms with E-state index in [1.807, 2.05) is 0 Å². The second kappa shape index (κ2) is 6.09. The zero-order valence-electron chi connectivity index (χ0n) is 8.48. The number of nitrogens with two attached hydrogens (primary N) is 1. The molecule has 0 bridgehead atoms. The average Bonchev–Trinajstić information content (AvgIpc) is 2.63. The van der Waals surface area contributed by atoms with Crippen molar-refractivity contribution in [1.29, 1.82) is 0 Å². The van der Waals surface area contributed by atoms with E-state index >= 15 is 0 Å². The summed E-state index contributed by atoms with van der Waals surface area (Å²) >= 11 is 7.14. The van der Waals surface area contributed by atoms with Gasteiger partial charge in [-0.3, -0.25) is 0 Å². The lowest BCUT2D eigenvalue weighted by Gasteiger charge is -2.03. The molecule has 0 fully saturated rings. The van der Waals surface area contributed by atoms with Gasteiger partial charge in [-0.2, -0.15) is 4.98 Å². The number of halogens is 3. The van der Waals surface area contributed by atoms with Crippen molar-refractivity contribution in [3.63, 3.8) is 0 Å². The number of hydrogen-bond donors (Lipinski definition) is 2. The molecule has 0 amide bonds. The van der Waals surface area contributed by atoms with Gasteiger partial charge in [-0.25, -0.2) is 9.49 Å². The summed E-state index contributed by atoms with van der Waals surface area (Å²) in [6, 6.07) is 4.58. The molecule has 2 aromatic rings. The first-order valence-corrected chi connectivity index (χ1v) is 5.76. The number of nitrogens with one attached hydrogen (secondary N) is 1. The van der Waals surface area contributed by atoms with Crippen LogP contribution in [-0.4, -0.2) is 15.2 Å². The minimum absolute atomic E-state index is 0. The van der Waals surface area contributed by atoms with E-state index in [1.54, 1.807) is 12.1 Å². The number of aromatic amines is 1. The molecule has 0 aliphatic heterocycles. The molecule has 1 aromatic heterocycles. The maximum atomic E-state index is 13.4. The predicted molar refractivity (Wildman–Crippen MR) is 69.0 cm³/mol. The van der Waals surface area contributed by atoms with Crippen LogP contribution in [0.5, 0.6) is 0 Å². The van der Waals surface area contributed by atoms with Crippen LogP contribution in [0.3, 0.4) is 0 Å². The Balaban J connectivity index is 0.00000144. The summed E-state index contributed by atoms with van der Waals surface area (Å²) in [5.74, 6) is 0.272. The van der Waals surface area contributed by atoms with E-state index in [-0.39, 0.29) is 24.2 Å². The number of hydrogen-bond acceptors (Lipinski definition) is 4. The summed E-state index contributed by atoms with van der Waals surface area (Å²) in [6.07, 6.45) is 0. The molecule has 0 spiro atoms. The number of aromatic nitrogens is 3. The Morgan fingerprint density at radius 3 is 2.82 bits per heavy atom. The molecule has 92 valence electrons. The van der Waals surface area contributed by atoms with Crippen LogP contribution in [0.4, 0.5) is 10.3 Å². The first-order valence-electron chi connectivity index (χ1n) is 4.40. The van der Waals surface area contributed by atoms with E-state index in [1.165, 1.54) is 17.8 Å². The molecule has 4 nitrogen and oxygen atoms in total. The topological polar surface area (TPSA) is 67.6 Å². The number of benzene rings is 1. The van der Waals surface area contributed by atoms with E-state index in [0.29, 0.717) is 21.5 Å². The van der Waals surface area contributed by atoms with Crippen molar-refractivity contribution < 1.29 is 4.39 Å². The highest BCUT2D eigenvalue weighted by Crippen LogP contribution is 2.26. The molecule has 8 heteroatoms. The smallest absolute Gasteiger partial charge is 0.216 e. The molecule has 2 rings (SSSR count). The maximum absolute atomic E-state index is 13.4. The Morgan fingerprint density at radius 2 is 2.24 bits per heavy atom. The van der Waals surface area contributed by atoms with Crippen molar-refractivity contribution in [2.75, 3.05) is 5.73 Å². The lowest BCUT2D eigenvalue weighted by molar-refractivity contribution is 0.617.